The Kier molecular flexibility index (Phi) is 7.84. The Labute approximate surface area is 203 Å². The molecule has 9 nitrogen and oxygen atoms in total. The summed E-state index contributed by atoms with van der Waals surface area (Å²) in [6.07, 6.45) is 3.35. The van der Waals surface area contributed by atoms with Crippen LogP contribution in [0.2, 0.25) is 0 Å². The number of hydrogen-bond donors (Lipinski definition) is 3. The van der Waals surface area contributed by atoms with E-state index in [0.717, 1.165) is 28.3 Å². The monoisotopic (exact) mass is 467 g/mol. The molecule has 35 heavy (non-hydrogen) atoms. The summed E-state index contributed by atoms with van der Waals surface area (Å²) in [5.41, 5.74) is 8.48. The summed E-state index contributed by atoms with van der Waals surface area (Å²) < 4.78 is 10.5. The van der Waals surface area contributed by atoms with Crippen molar-refractivity contribution in [3.63, 3.8) is 0 Å². The predicted molar refractivity (Wildman–Crippen MR) is 140 cm³/mol. The van der Waals surface area contributed by atoms with Crippen LogP contribution < -0.4 is 25.6 Å². The standard InChI is InChI=1S/C26H25N7O2/c1-34-22-12-6-8-19(14-22)17-27-32-25-16-24(29-21-10-4-3-5-11-21)30-26(31-25)33-28-18-20-9-7-13-23(15-20)35-2/h3-18H,1-2H3,(H3,29,30,31,32,33). The summed E-state index contributed by atoms with van der Waals surface area (Å²) in [7, 11) is 3.25. The Morgan fingerprint density at radius 3 is 1.89 bits per heavy atom. The fourth-order valence-electron chi connectivity index (χ4n) is 3.07. The van der Waals surface area contributed by atoms with E-state index in [1.165, 1.54) is 0 Å². The Bertz CT molecular complexity index is 1230. The number of anilines is 4. The van der Waals surface area contributed by atoms with Crippen molar-refractivity contribution in [3.8, 4) is 11.5 Å². The van der Waals surface area contributed by atoms with Gasteiger partial charge in [-0.1, -0.05) is 42.5 Å². The van der Waals surface area contributed by atoms with Crippen molar-refractivity contribution in [1.82, 2.24) is 9.97 Å². The van der Waals surface area contributed by atoms with Crippen molar-refractivity contribution in [1.29, 1.82) is 0 Å². The maximum absolute atomic E-state index is 5.25. The molecule has 0 unspecified atom stereocenters. The van der Waals surface area contributed by atoms with Gasteiger partial charge in [-0.25, -0.2) is 5.43 Å². The van der Waals surface area contributed by atoms with E-state index in [4.69, 9.17) is 9.47 Å². The average Bonchev–Trinajstić information content (AvgIpc) is 2.89. The van der Waals surface area contributed by atoms with Gasteiger partial charge < -0.3 is 14.8 Å². The molecule has 4 aromatic rings. The van der Waals surface area contributed by atoms with Crippen LogP contribution in [0.1, 0.15) is 11.1 Å². The Morgan fingerprint density at radius 1 is 0.657 bits per heavy atom. The molecule has 0 amide bonds. The van der Waals surface area contributed by atoms with Crippen LogP contribution in [0, 0.1) is 0 Å². The fraction of sp³-hybridized carbons (Fsp3) is 0.0769. The molecular formula is C26H25N7O2. The van der Waals surface area contributed by atoms with Crippen LogP contribution in [0.4, 0.5) is 23.3 Å². The average molecular weight is 468 g/mol. The first-order valence-corrected chi connectivity index (χ1v) is 10.8. The third kappa shape index (κ3) is 7.03. The van der Waals surface area contributed by atoms with Crippen molar-refractivity contribution in [2.75, 3.05) is 30.4 Å². The molecule has 0 atom stereocenters. The number of aromatic nitrogens is 2. The maximum atomic E-state index is 5.25. The van der Waals surface area contributed by atoms with Crippen LogP contribution in [0.15, 0.2) is 95.1 Å². The number of ether oxygens (including phenoxy) is 2. The topological polar surface area (TPSA) is 105 Å². The lowest BCUT2D eigenvalue weighted by atomic mass is 10.2. The summed E-state index contributed by atoms with van der Waals surface area (Å²) in [6.45, 7) is 0. The number of benzene rings is 3. The van der Waals surface area contributed by atoms with Crippen molar-refractivity contribution < 1.29 is 9.47 Å². The number of nitrogens with zero attached hydrogens (tertiary/aromatic N) is 4. The van der Waals surface area contributed by atoms with Crippen molar-refractivity contribution in [2.24, 2.45) is 10.2 Å². The SMILES string of the molecule is COc1cccc(C=NNc2cc(Nc3ccccc3)nc(NN=Cc3cccc(OC)c3)n2)c1. The van der Waals surface area contributed by atoms with Gasteiger partial charge in [0, 0.05) is 11.8 Å². The highest BCUT2D eigenvalue weighted by Crippen LogP contribution is 2.19. The van der Waals surface area contributed by atoms with Crippen molar-refractivity contribution in [3.05, 3.63) is 96.1 Å². The summed E-state index contributed by atoms with van der Waals surface area (Å²) >= 11 is 0. The molecule has 1 aromatic heterocycles. The van der Waals surface area contributed by atoms with Crippen LogP contribution in [0.5, 0.6) is 11.5 Å². The normalized spacial score (nSPS) is 10.9. The van der Waals surface area contributed by atoms with E-state index >= 15 is 0 Å². The van der Waals surface area contributed by atoms with Crippen LogP contribution in [-0.2, 0) is 0 Å². The Morgan fingerprint density at radius 2 is 1.26 bits per heavy atom. The Hall–Kier alpha value is -4.92. The first-order valence-electron chi connectivity index (χ1n) is 10.8. The van der Waals surface area contributed by atoms with Crippen LogP contribution in [-0.4, -0.2) is 36.6 Å². The second-order valence-electron chi connectivity index (χ2n) is 7.25. The zero-order chi connectivity index (χ0) is 24.3. The number of para-hydroxylation sites is 1. The third-order valence-electron chi connectivity index (χ3n) is 4.73. The molecule has 0 bridgehead atoms. The quantitative estimate of drug-likeness (QED) is 0.219. The molecule has 0 fully saturated rings. The first kappa shape index (κ1) is 23.2. The van der Waals surface area contributed by atoms with E-state index in [1.54, 1.807) is 32.7 Å². The zero-order valence-electron chi connectivity index (χ0n) is 19.3. The van der Waals surface area contributed by atoms with Crippen molar-refractivity contribution >= 4 is 35.7 Å². The van der Waals surface area contributed by atoms with E-state index in [1.807, 2.05) is 78.9 Å². The highest BCUT2D eigenvalue weighted by Gasteiger charge is 2.05. The number of nitrogens with one attached hydrogen (secondary N) is 3. The van der Waals surface area contributed by atoms with Gasteiger partial charge in [-0.15, -0.1) is 0 Å². The first-order chi connectivity index (χ1) is 17.2. The molecule has 3 N–H and O–H groups in total. The second kappa shape index (κ2) is 11.8. The van der Waals surface area contributed by atoms with Crippen molar-refractivity contribution in [2.45, 2.75) is 0 Å². The van der Waals surface area contributed by atoms with E-state index in [2.05, 4.69) is 36.3 Å². The Balaban J connectivity index is 1.52. The van der Waals surface area contributed by atoms with Gasteiger partial charge in [0.25, 0.3) is 0 Å². The van der Waals surface area contributed by atoms with Gasteiger partial charge in [0.1, 0.15) is 17.3 Å². The zero-order valence-corrected chi connectivity index (χ0v) is 19.3. The summed E-state index contributed by atoms with van der Waals surface area (Å²) in [6, 6.07) is 26.6. The molecule has 0 radical (unpaired) electrons. The van der Waals surface area contributed by atoms with E-state index in [9.17, 15) is 0 Å². The van der Waals surface area contributed by atoms with Crippen LogP contribution >= 0.6 is 0 Å². The number of methoxy groups -OCH3 is 2. The second-order valence-corrected chi connectivity index (χ2v) is 7.25. The molecule has 0 spiro atoms. The molecule has 4 rings (SSSR count). The number of hydrogen-bond acceptors (Lipinski definition) is 9. The number of rotatable bonds is 10. The molecule has 0 aliphatic heterocycles. The number of hydrazone groups is 2. The lowest BCUT2D eigenvalue weighted by molar-refractivity contribution is 0.414. The maximum Gasteiger partial charge on any atom is 0.247 e. The largest absolute Gasteiger partial charge is 0.497 e. The van der Waals surface area contributed by atoms with Gasteiger partial charge in [0.15, 0.2) is 5.82 Å². The van der Waals surface area contributed by atoms with Crippen LogP contribution in [0.25, 0.3) is 0 Å². The fourth-order valence-corrected chi connectivity index (χ4v) is 3.07. The smallest absolute Gasteiger partial charge is 0.247 e. The summed E-state index contributed by atoms with van der Waals surface area (Å²) in [4.78, 5) is 8.96. The molecule has 0 aliphatic carbocycles. The molecule has 3 aromatic carbocycles. The summed E-state index contributed by atoms with van der Waals surface area (Å²) in [5.74, 6) is 2.86. The molecule has 0 aliphatic rings. The lowest BCUT2D eigenvalue weighted by Gasteiger charge is -2.09. The summed E-state index contributed by atoms with van der Waals surface area (Å²) in [5, 5.41) is 11.8. The van der Waals surface area contributed by atoms with E-state index < -0.39 is 0 Å². The highest BCUT2D eigenvalue weighted by atomic mass is 16.5. The third-order valence-corrected chi connectivity index (χ3v) is 4.73. The minimum Gasteiger partial charge on any atom is -0.497 e. The van der Waals surface area contributed by atoms with Gasteiger partial charge in [0.2, 0.25) is 5.95 Å². The van der Waals surface area contributed by atoms with Crippen LogP contribution in [0.3, 0.4) is 0 Å². The predicted octanol–water partition coefficient (Wildman–Crippen LogP) is 5.13. The van der Waals surface area contributed by atoms with Gasteiger partial charge in [-0.3, -0.25) is 5.43 Å². The van der Waals surface area contributed by atoms with Gasteiger partial charge in [0.05, 0.1) is 26.6 Å². The van der Waals surface area contributed by atoms with Gasteiger partial charge >= 0.3 is 0 Å². The van der Waals surface area contributed by atoms with E-state index in [0.29, 0.717) is 17.6 Å². The minimum absolute atomic E-state index is 0.296. The van der Waals surface area contributed by atoms with Gasteiger partial charge in [-0.05, 0) is 47.5 Å². The highest BCUT2D eigenvalue weighted by molar-refractivity contribution is 5.81. The molecule has 0 saturated heterocycles. The molecule has 176 valence electrons. The molecule has 1 heterocycles. The molecular weight excluding hydrogens is 442 g/mol. The minimum atomic E-state index is 0.296. The molecule has 0 saturated carbocycles. The lowest BCUT2D eigenvalue weighted by Crippen LogP contribution is -2.04. The molecule has 9 heteroatoms. The van der Waals surface area contributed by atoms with Gasteiger partial charge in [-0.2, -0.15) is 20.2 Å². The van der Waals surface area contributed by atoms with E-state index in [-0.39, 0.29) is 0 Å².